The molecule has 0 radical (unpaired) electrons. The number of aryl methyl sites for hydroxylation is 1. The monoisotopic (exact) mass is 350 g/mol. The van der Waals surface area contributed by atoms with Crippen molar-refractivity contribution >= 4 is 27.6 Å². The fourth-order valence-electron chi connectivity index (χ4n) is 2.00. The summed E-state index contributed by atoms with van der Waals surface area (Å²) in [6, 6.07) is 11.4. The van der Waals surface area contributed by atoms with Gasteiger partial charge in [-0.1, -0.05) is 25.5 Å². The Morgan fingerprint density at radius 3 is 2.52 bits per heavy atom. The van der Waals surface area contributed by atoms with E-state index in [1.807, 2.05) is 36.4 Å². The Bertz CT molecular complexity index is 593. The maximum atomic E-state index is 12.1. The first-order valence-electron chi connectivity index (χ1n) is 6.93. The standard InChI is InChI=1S/C16H19BrN2O2/c1-3-4-12-5-7-13(8-6-12)18-16(20)19(2)11-14-9-10-15(17)21-14/h5-10H,3-4,11H2,1-2H3,(H,18,20). The summed E-state index contributed by atoms with van der Waals surface area (Å²) >= 11 is 3.25. The van der Waals surface area contributed by atoms with E-state index in [-0.39, 0.29) is 6.03 Å². The van der Waals surface area contributed by atoms with Crippen LogP contribution in [0.1, 0.15) is 24.7 Å². The van der Waals surface area contributed by atoms with E-state index in [4.69, 9.17) is 4.42 Å². The molecule has 0 saturated heterocycles. The fraction of sp³-hybridized carbons (Fsp3) is 0.312. The number of rotatable bonds is 5. The number of urea groups is 1. The molecule has 0 atom stereocenters. The average Bonchev–Trinajstić information content (AvgIpc) is 2.86. The highest BCUT2D eigenvalue weighted by Crippen LogP contribution is 2.16. The molecule has 0 saturated carbocycles. The molecule has 0 unspecified atom stereocenters. The van der Waals surface area contributed by atoms with Crippen LogP contribution >= 0.6 is 15.9 Å². The Morgan fingerprint density at radius 1 is 1.24 bits per heavy atom. The van der Waals surface area contributed by atoms with Crippen molar-refractivity contribution in [2.24, 2.45) is 0 Å². The van der Waals surface area contributed by atoms with Crippen molar-refractivity contribution in [3.8, 4) is 0 Å². The molecule has 21 heavy (non-hydrogen) atoms. The van der Waals surface area contributed by atoms with Gasteiger partial charge in [-0.25, -0.2) is 4.79 Å². The summed E-state index contributed by atoms with van der Waals surface area (Å²) in [5.41, 5.74) is 2.08. The summed E-state index contributed by atoms with van der Waals surface area (Å²) in [6.45, 7) is 2.57. The molecule has 0 aliphatic carbocycles. The molecule has 4 nitrogen and oxygen atoms in total. The predicted octanol–water partition coefficient (Wildman–Crippen LogP) is 4.66. The van der Waals surface area contributed by atoms with Gasteiger partial charge in [0.05, 0.1) is 6.54 Å². The highest BCUT2D eigenvalue weighted by atomic mass is 79.9. The van der Waals surface area contributed by atoms with Gasteiger partial charge in [0.2, 0.25) is 0 Å². The van der Waals surface area contributed by atoms with E-state index in [9.17, 15) is 4.79 Å². The van der Waals surface area contributed by atoms with Gasteiger partial charge in [0.25, 0.3) is 0 Å². The second-order valence-electron chi connectivity index (χ2n) is 4.94. The minimum absolute atomic E-state index is 0.161. The van der Waals surface area contributed by atoms with Gasteiger partial charge in [0, 0.05) is 12.7 Å². The molecule has 0 fully saturated rings. The summed E-state index contributed by atoms with van der Waals surface area (Å²) < 4.78 is 6.06. The second-order valence-corrected chi connectivity index (χ2v) is 5.72. The SMILES string of the molecule is CCCc1ccc(NC(=O)N(C)Cc2ccc(Br)o2)cc1. The lowest BCUT2D eigenvalue weighted by Gasteiger charge is -2.16. The molecule has 5 heteroatoms. The van der Waals surface area contributed by atoms with Gasteiger partial charge in [0.15, 0.2) is 4.67 Å². The zero-order chi connectivity index (χ0) is 15.2. The fourth-order valence-corrected chi connectivity index (χ4v) is 2.34. The van der Waals surface area contributed by atoms with Crippen LogP contribution in [0.2, 0.25) is 0 Å². The molecule has 0 aliphatic heterocycles. The van der Waals surface area contributed by atoms with E-state index < -0.39 is 0 Å². The van der Waals surface area contributed by atoms with Crippen molar-refractivity contribution in [2.75, 3.05) is 12.4 Å². The minimum atomic E-state index is -0.161. The molecule has 1 aromatic carbocycles. The van der Waals surface area contributed by atoms with E-state index >= 15 is 0 Å². The van der Waals surface area contributed by atoms with Gasteiger partial charge in [-0.05, 0) is 52.2 Å². The van der Waals surface area contributed by atoms with Crippen LogP contribution in [-0.4, -0.2) is 18.0 Å². The molecular weight excluding hydrogens is 332 g/mol. The second kappa shape index (κ2) is 7.31. The predicted molar refractivity (Wildman–Crippen MR) is 87.3 cm³/mol. The first-order valence-corrected chi connectivity index (χ1v) is 7.73. The van der Waals surface area contributed by atoms with Crippen LogP contribution in [0.4, 0.5) is 10.5 Å². The number of nitrogens with one attached hydrogen (secondary N) is 1. The number of carbonyl (C=O) groups is 1. The molecule has 0 spiro atoms. The molecule has 0 bridgehead atoms. The van der Waals surface area contributed by atoms with E-state index in [0.717, 1.165) is 24.3 Å². The van der Waals surface area contributed by atoms with E-state index in [0.29, 0.717) is 11.2 Å². The third kappa shape index (κ3) is 4.63. The van der Waals surface area contributed by atoms with Crippen molar-refractivity contribution in [1.82, 2.24) is 4.90 Å². The van der Waals surface area contributed by atoms with Crippen molar-refractivity contribution in [3.05, 3.63) is 52.4 Å². The van der Waals surface area contributed by atoms with Crippen molar-refractivity contribution in [1.29, 1.82) is 0 Å². The Hall–Kier alpha value is -1.75. The zero-order valence-electron chi connectivity index (χ0n) is 12.2. The maximum absolute atomic E-state index is 12.1. The first-order chi connectivity index (χ1) is 10.1. The number of halogens is 1. The van der Waals surface area contributed by atoms with Crippen molar-refractivity contribution in [3.63, 3.8) is 0 Å². The quantitative estimate of drug-likeness (QED) is 0.852. The Kier molecular flexibility index (Phi) is 5.44. The van der Waals surface area contributed by atoms with Crippen LogP contribution < -0.4 is 5.32 Å². The van der Waals surface area contributed by atoms with Gasteiger partial charge in [-0.3, -0.25) is 0 Å². The average molecular weight is 351 g/mol. The molecule has 112 valence electrons. The third-order valence-electron chi connectivity index (χ3n) is 3.11. The minimum Gasteiger partial charge on any atom is -0.452 e. The zero-order valence-corrected chi connectivity index (χ0v) is 13.8. The van der Waals surface area contributed by atoms with Crippen LogP contribution in [0.25, 0.3) is 0 Å². The number of hydrogen-bond acceptors (Lipinski definition) is 2. The first kappa shape index (κ1) is 15.6. The number of carbonyl (C=O) groups excluding carboxylic acids is 1. The Labute approximate surface area is 133 Å². The van der Waals surface area contributed by atoms with Gasteiger partial charge < -0.3 is 14.6 Å². The number of nitrogens with zero attached hydrogens (tertiary/aromatic N) is 1. The third-order valence-corrected chi connectivity index (χ3v) is 3.54. The summed E-state index contributed by atoms with van der Waals surface area (Å²) in [5, 5.41) is 2.87. The van der Waals surface area contributed by atoms with Crippen LogP contribution in [0.5, 0.6) is 0 Å². The largest absolute Gasteiger partial charge is 0.452 e. The molecule has 2 aromatic rings. The molecule has 1 aromatic heterocycles. The summed E-state index contributed by atoms with van der Waals surface area (Å²) in [5.74, 6) is 0.734. The van der Waals surface area contributed by atoms with Crippen molar-refractivity contribution in [2.45, 2.75) is 26.3 Å². The van der Waals surface area contributed by atoms with Gasteiger partial charge >= 0.3 is 6.03 Å². The smallest absolute Gasteiger partial charge is 0.321 e. The van der Waals surface area contributed by atoms with Gasteiger partial charge in [0.1, 0.15) is 5.76 Å². The van der Waals surface area contributed by atoms with Gasteiger partial charge in [-0.2, -0.15) is 0 Å². The lowest BCUT2D eigenvalue weighted by molar-refractivity contribution is 0.216. The van der Waals surface area contributed by atoms with Crippen LogP contribution in [0.3, 0.4) is 0 Å². The molecule has 2 rings (SSSR count). The van der Waals surface area contributed by atoms with Crippen LogP contribution in [0, 0.1) is 0 Å². The Morgan fingerprint density at radius 2 is 1.95 bits per heavy atom. The highest BCUT2D eigenvalue weighted by molar-refractivity contribution is 9.10. The number of hydrogen-bond donors (Lipinski definition) is 1. The van der Waals surface area contributed by atoms with Crippen molar-refractivity contribution < 1.29 is 9.21 Å². The summed E-state index contributed by atoms with van der Waals surface area (Å²) in [7, 11) is 1.73. The number of amides is 2. The molecule has 1 heterocycles. The van der Waals surface area contributed by atoms with E-state index in [1.54, 1.807) is 11.9 Å². The van der Waals surface area contributed by atoms with Crippen LogP contribution in [0.15, 0.2) is 45.5 Å². The number of furan rings is 1. The summed E-state index contributed by atoms with van der Waals surface area (Å²) in [6.07, 6.45) is 2.18. The molecule has 1 N–H and O–H groups in total. The number of benzene rings is 1. The molecule has 2 amide bonds. The summed E-state index contributed by atoms with van der Waals surface area (Å²) in [4.78, 5) is 13.7. The van der Waals surface area contributed by atoms with E-state index in [2.05, 4.69) is 28.2 Å². The lowest BCUT2D eigenvalue weighted by atomic mass is 10.1. The maximum Gasteiger partial charge on any atom is 0.321 e. The normalized spacial score (nSPS) is 10.4. The lowest BCUT2D eigenvalue weighted by Crippen LogP contribution is -2.30. The number of anilines is 1. The Balaban J connectivity index is 1.90. The van der Waals surface area contributed by atoms with Gasteiger partial charge in [-0.15, -0.1) is 0 Å². The molecular formula is C16H19BrN2O2. The topological polar surface area (TPSA) is 45.5 Å². The highest BCUT2D eigenvalue weighted by Gasteiger charge is 2.11. The van der Waals surface area contributed by atoms with Crippen LogP contribution in [-0.2, 0) is 13.0 Å². The molecule has 0 aliphatic rings. The van der Waals surface area contributed by atoms with E-state index in [1.165, 1.54) is 5.56 Å².